The van der Waals surface area contributed by atoms with Crippen LogP contribution in [0.4, 0.5) is 0 Å². The van der Waals surface area contributed by atoms with Gasteiger partial charge in [-0.2, -0.15) is 0 Å². The minimum atomic E-state index is 0.226. The van der Waals surface area contributed by atoms with E-state index in [1.807, 2.05) is 0 Å². The molecule has 2 aliphatic rings. The van der Waals surface area contributed by atoms with Crippen LogP contribution in [0.15, 0.2) is 11.8 Å². The zero-order valence-electron chi connectivity index (χ0n) is 11.5. The van der Waals surface area contributed by atoms with Crippen LogP contribution in [0.5, 0.6) is 0 Å². The molecule has 0 spiro atoms. The van der Waals surface area contributed by atoms with Crippen LogP contribution in [0.2, 0.25) is 0 Å². The van der Waals surface area contributed by atoms with E-state index in [1.54, 1.807) is 6.08 Å². The van der Waals surface area contributed by atoms with Crippen molar-refractivity contribution >= 4 is 5.78 Å². The Morgan fingerprint density at radius 2 is 2.00 bits per heavy atom. The van der Waals surface area contributed by atoms with Gasteiger partial charge in [0.25, 0.3) is 0 Å². The normalized spacial score (nSPS) is 28.2. The van der Waals surface area contributed by atoms with Crippen molar-refractivity contribution in [1.82, 2.24) is 0 Å². The highest BCUT2D eigenvalue weighted by Gasteiger charge is 2.22. The zero-order valence-corrected chi connectivity index (χ0v) is 11.5. The van der Waals surface area contributed by atoms with Crippen molar-refractivity contribution in [1.29, 1.82) is 0 Å². The second-order valence-electron chi connectivity index (χ2n) is 5.30. The van der Waals surface area contributed by atoms with Crippen molar-refractivity contribution in [3.8, 4) is 0 Å². The number of carbonyl (C=O) groups excluding carboxylic acids is 1. The summed E-state index contributed by atoms with van der Waals surface area (Å²) < 4.78 is 5.83. The highest BCUT2D eigenvalue weighted by atomic mass is 16.5. The van der Waals surface area contributed by atoms with Gasteiger partial charge in [0.15, 0.2) is 5.78 Å². The molecule has 2 rings (SSSR count). The third-order valence-corrected chi connectivity index (χ3v) is 3.15. The van der Waals surface area contributed by atoms with E-state index < -0.39 is 0 Å². The highest BCUT2D eigenvalue weighted by Crippen LogP contribution is 2.29. The minimum Gasteiger partial charge on any atom is -0.495 e. The van der Waals surface area contributed by atoms with Crippen LogP contribution >= 0.6 is 0 Å². The van der Waals surface area contributed by atoms with Crippen molar-refractivity contribution in [3.63, 3.8) is 0 Å². The summed E-state index contributed by atoms with van der Waals surface area (Å²) >= 11 is 0. The number of carbonyl (C=O) groups is 1. The summed E-state index contributed by atoms with van der Waals surface area (Å²) in [6, 6.07) is 0. The maximum Gasteiger partial charge on any atom is 0.159 e. The van der Waals surface area contributed by atoms with E-state index in [1.165, 1.54) is 19.3 Å². The Balaban J connectivity index is 0.000000437. The molecule has 0 saturated heterocycles. The Hall–Kier alpha value is -0.790. The number of rotatable bonds is 2. The molecule has 17 heavy (non-hydrogen) atoms. The van der Waals surface area contributed by atoms with E-state index in [0.717, 1.165) is 30.9 Å². The standard InChI is InChI=1S/C12H18O2.C3H8/c1-9-3-2-4-11(7-9)14-12-6-5-10(13)8-12;1-3-2/h8-9,11H,2-7H2,1H3;3H2,1-2H3. The fourth-order valence-corrected chi connectivity index (χ4v) is 2.36. The summed E-state index contributed by atoms with van der Waals surface area (Å²) in [5.41, 5.74) is 0. The Kier molecular flexibility index (Phi) is 6.31. The number of ketones is 1. The molecule has 2 aliphatic carbocycles. The molecule has 98 valence electrons. The maximum atomic E-state index is 11.0. The number of allylic oxidation sites excluding steroid dienone is 2. The molecular formula is C15H26O2. The average molecular weight is 238 g/mol. The van der Waals surface area contributed by atoms with Crippen LogP contribution in [0, 0.1) is 5.92 Å². The predicted octanol–water partition coefficient (Wildman–Crippen LogP) is 4.24. The lowest BCUT2D eigenvalue weighted by Gasteiger charge is -2.27. The summed E-state index contributed by atoms with van der Waals surface area (Å²) in [6.45, 7) is 6.53. The Bertz CT molecular complexity index is 268. The number of hydrogen-bond donors (Lipinski definition) is 0. The minimum absolute atomic E-state index is 0.226. The molecular weight excluding hydrogens is 212 g/mol. The summed E-state index contributed by atoms with van der Waals surface area (Å²) in [5.74, 6) is 1.93. The van der Waals surface area contributed by atoms with E-state index in [2.05, 4.69) is 20.8 Å². The lowest BCUT2D eigenvalue weighted by molar-refractivity contribution is -0.114. The Labute approximate surface area is 105 Å². The molecule has 1 saturated carbocycles. The van der Waals surface area contributed by atoms with Gasteiger partial charge in [-0.25, -0.2) is 0 Å². The molecule has 0 bridgehead atoms. The van der Waals surface area contributed by atoms with E-state index in [9.17, 15) is 4.79 Å². The first-order chi connectivity index (χ1) is 8.15. The van der Waals surface area contributed by atoms with Gasteiger partial charge in [0.05, 0.1) is 6.10 Å². The van der Waals surface area contributed by atoms with Crippen LogP contribution in [0.25, 0.3) is 0 Å². The highest BCUT2D eigenvalue weighted by molar-refractivity contribution is 5.92. The van der Waals surface area contributed by atoms with Gasteiger partial charge in [-0.3, -0.25) is 4.79 Å². The lowest BCUT2D eigenvalue weighted by Crippen LogP contribution is -2.20. The topological polar surface area (TPSA) is 26.3 Å². The molecule has 2 nitrogen and oxygen atoms in total. The van der Waals surface area contributed by atoms with Gasteiger partial charge in [-0.1, -0.05) is 33.6 Å². The molecule has 0 aromatic rings. The third-order valence-electron chi connectivity index (χ3n) is 3.15. The molecule has 0 aliphatic heterocycles. The monoisotopic (exact) mass is 238 g/mol. The Morgan fingerprint density at radius 1 is 1.29 bits per heavy atom. The average Bonchev–Trinajstić information content (AvgIpc) is 2.65. The molecule has 0 radical (unpaired) electrons. The van der Waals surface area contributed by atoms with Crippen molar-refractivity contribution in [2.75, 3.05) is 0 Å². The van der Waals surface area contributed by atoms with Crippen LogP contribution < -0.4 is 0 Å². The summed E-state index contributed by atoms with van der Waals surface area (Å²) in [4.78, 5) is 11.0. The molecule has 2 heteroatoms. The smallest absolute Gasteiger partial charge is 0.159 e. The van der Waals surface area contributed by atoms with Crippen molar-refractivity contribution in [2.45, 2.75) is 71.8 Å². The first kappa shape index (κ1) is 14.3. The van der Waals surface area contributed by atoms with Crippen LogP contribution in [0.3, 0.4) is 0 Å². The molecule has 0 amide bonds. The predicted molar refractivity (Wildman–Crippen MR) is 70.8 cm³/mol. The van der Waals surface area contributed by atoms with E-state index in [0.29, 0.717) is 12.5 Å². The second kappa shape index (κ2) is 7.52. The van der Waals surface area contributed by atoms with Crippen LogP contribution in [0.1, 0.15) is 65.7 Å². The van der Waals surface area contributed by atoms with Gasteiger partial charge in [0.2, 0.25) is 0 Å². The number of ether oxygens (including phenoxy) is 1. The summed E-state index contributed by atoms with van der Waals surface area (Å²) in [6.07, 6.45) is 9.70. The summed E-state index contributed by atoms with van der Waals surface area (Å²) in [5, 5.41) is 0. The molecule has 2 atom stereocenters. The van der Waals surface area contributed by atoms with E-state index >= 15 is 0 Å². The second-order valence-corrected chi connectivity index (χ2v) is 5.30. The fraction of sp³-hybridized carbons (Fsp3) is 0.800. The van der Waals surface area contributed by atoms with Crippen LogP contribution in [-0.4, -0.2) is 11.9 Å². The zero-order chi connectivity index (χ0) is 12.7. The lowest BCUT2D eigenvalue weighted by atomic mass is 9.89. The maximum absolute atomic E-state index is 11.0. The van der Waals surface area contributed by atoms with Gasteiger partial charge in [0, 0.05) is 18.9 Å². The van der Waals surface area contributed by atoms with Gasteiger partial charge in [-0.15, -0.1) is 0 Å². The number of hydrogen-bond acceptors (Lipinski definition) is 2. The molecule has 0 heterocycles. The van der Waals surface area contributed by atoms with Crippen molar-refractivity contribution in [2.24, 2.45) is 5.92 Å². The van der Waals surface area contributed by atoms with Gasteiger partial charge in [0.1, 0.15) is 5.76 Å². The molecule has 0 aromatic heterocycles. The largest absolute Gasteiger partial charge is 0.495 e. The quantitative estimate of drug-likeness (QED) is 0.719. The first-order valence-corrected chi connectivity index (χ1v) is 7.05. The first-order valence-electron chi connectivity index (χ1n) is 7.05. The Morgan fingerprint density at radius 3 is 2.53 bits per heavy atom. The molecule has 0 N–H and O–H groups in total. The third kappa shape index (κ3) is 5.38. The molecule has 1 fully saturated rings. The summed E-state index contributed by atoms with van der Waals surface area (Å²) in [7, 11) is 0. The molecule has 0 aromatic carbocycles. The van der Waals surface area contributed by atoms with Crippen molar-refractivity contribution < 1.29 is 9.53 Å². The van der Waals surface area contributed by atoms with E-state index in [-0.39, 0.29) is 5.78 Å². The van der Waals surface area contributed by atoms with Gasteiger partial charge >= 0.3 is 0 Å². The SMILES string of the molecule is CC1CCCC(OC2=CC(=O)CC2)C1.CCC. The van der Waals surface area contributed by atoms with E-state index in [4.69, 9.17) is 4.74 Å². The van der Waals surface area contributed by atoms with Crippen LogP contribution in [-0.2, 0) is 9.53 Å². The fourth-order valence-electron chi connectivity index (χ4n) is 2.36. The van der Waals surface area contributed by atoms with Gasteiger partial charge in [-0.05, 0) is 25.2 Å². The van der Waals surface area contributed by atoms with Crippen molar-refractivity contribution in [3.05, 3.63) is 11.8 Å². The molecule has 2 unspecified atom stereocenters. The van der Waals surface area contributed by atoms with Gasteiger partial charge < -0.3 is 4.74 Å².